The molecule has 1 saturated heterocycles. The van der Waals surface area contributed by atoms with Crippen molar-refractivity contribution in [1.29, 1.82) is 0 Å². The topological polar surface area (TPSA) is 83.6 Å². The highest BCUT2D eigenvalue weighted by Crippen LogP contribution is 2.26. The first kappa shape index (κ1) is 16.0. The molecule has 1 fully saturated rings. The third-order valence-corrected chi connectivity index (χ3v) is 4.07. The minimum Gasteiger partial charge on any atom is -0.481 e. The first-order valence-electron chi connectivity index (χ1n) is 7.09. The van der Waals surface area contributed by atoms with Gasteiger partial charge in [-0.2, -0.15) is 0 Å². The molecule has 1 heterocycles. The van der Waals surface area contributed by atoms with Crippen molar-refractivity contribution in [3.05, 3.63) is 0 Å². The number of piperidine rings is 1. The predicted molar refractivity (Wildman–Crippen MR) is 73.5 cm³/mol. The molecular formula is C14H26N2O3. The van der Waals surface area contributed by atoms with Gasteiger partial charge in [-0.1, -0.05) is 20.8 Å². The van der Waals surface area contributed by atoms with Crippen LogP contribution in [0.1, 0.15) is 40.0 Å². The summed E-state index contributed by atoms with van der Waals surface area (Å²) in [5.41, 5.74) is 5.91. The van der Waals surface area contributed by atoms with Gasteiger partial charge in [0.2, 0.25) is 5.91 Å². The molecule has 19 heavy (non-hydrogen) atoms. The number of nitrogens with zero attached hydrogens (tertiary/aromatic N) is 1. The lowest BCUT2D eigenvalue weighted by Gasteiger charge is -2.37. The molecule has 0 aromatic heterocycles. The maximum absolute atomic E-state index is 12.2. The van der Waals surface area contributed by atoms with Gasteiger partial charge in [-0.3, -0.25) is 9.59 Å². The van der Waals surface area contributed by atoms with E-state index >= 15 is 0 Å². The van der Waals surface area contributed by atoms with Gasteiger partial charge in [0.15, 0.2) is 0 Å². The maximum atomic E-state index is 12.2. The molecule has 0 radical (unpaired) electrons. The second-order valence-corrected chi connectivity index (χ2v) is 6.03. The fourth-order valence-corrected chi connectivity index (χ4v) is 2.61. The number of carboxylic acid groups (broad SMARTS) is 1. The standard InChI is InChI=1S/C14H26N2O3/c1-9(2)13(15)14(19)16-6-4-5-11(8-16)10(3)7-12(17)18/h9-11,13H,4-8,15H2,1-3H3,(H,17,18)/t10?,11?,13-/m0/s1. The van der Waals surface area contributed by atoms with Crippen molar-refractivity contribution in [2.75, 3.05) is 13.1 Å². The van der Waals surface area contributed by atoms with Crippen molar-refractivity contribution in [3.63, 3.8) is 0 Å². The van der Waals surface area contributed by atoms with Crippen LogP contribution in [0.5, 0.6) is 0 Å². The molecule has 1 aliphatic rings. The zero-order chi connectivity index (χ0) is 14.6. The summed E-state index contributed by atoms with van der Waals surface area (Å²) in [4.78, 5) is 24.8. The molecule has 1 rings (SSSR count). The minimum atomic E-state index is -0.769. The fourth-order valence-electron chi connectivity index (χ4n) is 2.61. The number of carbonyl (C=O) groups is 2. The maximum Gasteiger partial charge on any atom is 0.303 e. The highest BCUT2D eigenvalue weighted by Gasteiger charge is 2.31. The van der Waals surface area contributed by atoms with Gasteiger partial charge in [0.05, 0.1) is 6.04 Å². The van der Waals surface area contributed by atoms with E-state index in [1.54, 1.807) is 0 Å². The van der Waals surface area contributed by atoms with E-state index in [-0.39, 0.29) is 30.1 Å². The molecule has 1 aliphatic heterocycles. The molecule has 2 unspecified atom stereocenters. The van der Waals surface area contributed by atoms with Crippen molar-refractivity contribution < 1.29 is 14.7 Å². The second kappa shape index (κ2) is 6.89. The summed E-state index contributed by atoms with van der Waals surface area (Å²) in [6.45, 7) is 7.23. The lowest BCUT2D eigenvalue weighted by molar-refractivity contribution is -0.139. The number of likely N-dealkylation sites (tertiary alicyclic amines) is 1. The number of aliphatic carboxylic acids is 1. The summed E-state index contributed by atoms with van der Waals surface area (Å²) in [5.74, 6) is -0.266. The molecule has 0 aromatic carbocycles. The Bertz CT molecular complexity index is 331. The summed E-state index contributed by atoms with van der Waals surface area (Å²) in [6.07, 6.45) is 2.10. The summed E-state index contributed by atoms with van der Waals surface area (Å²) >= 11 is 0. The number of rotatable bonds is 5. The summed E-state index contributed by atoms with van der Waals surface area (Å²) in [7, 11) is 0. The largest absolute Gasteiger partial charge is 0.481 e. The van der Waals surface area contributed by atoms with E-state index in [1.807, 2.05) is 25.7 Å². The monoisotopic (exact) mass is 270 g/mol. The van der Waals surface area contributed by atoms with Crippen molar-refractivity contribution in [2.24, 2.45) is 23.5 Å². The molecule has 5 heteroatoms. The van der Waals surface area contributed by atoms with Crippen LogP contribution in [0.3, 0.4) is 0 Å². The first-order chi connectivity index (χ1) is 8.82. The normalized spacial score (nSPS) is 23.2. The fraction of sp³-hybridized carbons (Fsp3) is 0.857. The Morgan fingerprint density at radius 3 is 2.53 bits per heavy atom. The van der Waals surface area contributed by atoms with Crippen molar-refractivity contribution in [2.45, 2.75) is 46.1 Å². The quantitative estimate of drug-likeness (QED) is 0.789. The Balaban J connectivity index is 2.59. The van der Waals surface area contributed by atoms with Gasteiger partial charge in [0.25, 0.3) is 0 Å². The average Bonchev–Trinajstić information content (AvgIpc) is 2.36. The second-order valence-electron chi connectivity index (χ2n) is 6.03. The predicted octanol–water partition coefficient (Wildman–Crippen LogP) is 1.32. The SMILES string of the molecule is CC(CC(=O)O)C1CCCN(C(=O)[C@@H](N)C(C)C)C1. The lowest BCUT2D eigenvalue weighted by Crippen LogP contribution is -2.50. The molecule has 0 aromatic rings. The van der Waals surface area contributed by atoms with Crippen LogP contribution in [0.4, 0.5) is 0 Å². The third-order valence-electron chi connectivity index (χ3n) is 4.07. The molecule has 3 atom stereocenters. The van der Waals surface area contributed by atoms with Crippen molar-refractivity contribution in [3.8, 4) is 0 Å². The van der Waals surface area contributed by atoms with Crippen LogP contribution < -0.4 is 5.73 Å². The number of hydrogen-bond acceptors (Lipinski definition) is 3. The van der Waals surface area contributed by atoms with Gasteiger partial charge in [-0.05, 0) is 30.6 Å². The van der Waals surface area contributed by atoms with Crippen LogP contribution in [0.2, 0.25) is 0 Å². The van der Waals surface area contributed by atoms with E-state index in [0.717, 1.165) is 19.4 Å². The van der Waals surface area contributed by atoms with Crippen LogP contribution in [-0.4, -0.2) is 41.0 Å². The Morgan fingerprint density at radius 1 is 1.37 bits per heavy atom. The van der Waals surface area contributed by atoms with Crippen LogP contribution in [0.15, 0.2) is 0 Å². The number of amides is 1. The van der Waals surface area contributed by atoms with E-state index in [1.165, 1.54) is 0 Å². The number of nitrogens with two attached hydrogens (primary N) is 1. The van der Waals surface area contributed by atoms with Crippen molar-refractivity contribution >= 4 is 11.9 Å². The number of carbonyl (C=O) groups excluding carboxylic acids is 1. The Morgan fingerprint density at radius 2 is 2.00 bits per heavy atom. The average molecular weight is 270 g/mol. The molecular weight excluding hydrogens is 244 g/mol. The number of hydrogen-bond donors (Lipinski definition) is 2. The molecule has 0 aliphatic carbocycles. The van der Waals surface area contributed by atoms with Crippen LogP contribution >= 0.6 is 0 Å². The minimum absolute atomic E-state index is 0.00206. The first-order valence-corrected chi connectivity index (χ1v) is 7.09. The Kier molecular flexibility index (Phi) is 5.79. The molecule has 5 nitrogen and oxygen atoms in total. The molecule has 0 saturated carbocycles. The Labute approximate surface area is 115 Å². The summed E-state index contributed by atoms with van der Waals surface area (Å²) in [6, 6.07) is -0.450. The highest BCUT2D eigenvalue weighted by molar-refractivity contribution is 5.82. The smallest absolute Gasteiger partial charge is 0.303 e. The van der Waals surface area contributed by atoms with E-state index < -0.39 is 12.0 Å². The van der Waals surface area contributed by atoms with Crippen LogP contribution in [0.25, 0.3) is 0 Å². The third kappa shape index (κ3) is 4.49. The summed E-state index contributed by atoms with van der Waals surface area (Å²) in [5, 5.41) is 8.85. The van der Waals surface area contributed by atoms with Crippen LogP contribution in [0, 0.1) is 17.8 Å². The van der Waals surface area contributed by atoms with Gasteiger partial charge < -0.3 is 15.7 Å². The van der Waals surface area contributed by atoms with E-state index in [2.05, 4.69) is 0 Å². The molecule has 3 N–H and O–H groups in total. The van der Waals surface area contributed by atoms with E-state index in [0.29, 0.717) is 6.54 Å². The van der Waals surface area contributed by atoms with Gasteiger partial charge in [0, 0.05) is 19.5 Å². The van der Waals surface area contributed by atoms with Crippen molar-refractivity contribution in [1.82, 2.24) is 4.90 Å². The van der Waals surface area contributed by atoms with Gasteiger partial charge in [0.1, 0.15) is 0 Å². The highest BCUT2D eigenvalue weighted by atomic mass is 16.4. The van der Waals surface area contributed by atoms with E-state index in [4.69, 9.17) is 10.8 Å². The lowest BCUT2D eigenvalue weighted by atomic mass is 9.84. The molecule has 1 amide bonds. The number of carboxylic acids is 1. The van der Waals surface area contributed by atoms with Gasteiger partial charge >= 0.3 is 5.97 Å². The van der Waals surface area contributed by atoms with Gasteiger partial charge in [-0.15, -0.1) is 0 Å². The molecule has 0 bridgehead atoms. The Hall–Kier alpha value is -1.10. The zero-order valence-corrected chi connectivity index (χ0v) is 12.1. The molecule has 110 valence electrons. The molecule has 0 spiro atoms. The van der Waals surface area contributed by atoms with Crippen LogP contribution in [-0.2, 0) is 9.59 Å². The van der Waals surface area contributed by atoms with Gasteiger partial charge in [-0.25, -0.2) is 0 Å². The summed E-state index contributed by atoms with van der Waals surface area (Å²) < 4.78 is 0. The zero-order valence-electron chi connectivity index (χ0n) is 12.1. The van der Waals surface area contributed by atoms with E-state index in [9.17, 15) is 9.59 Å².